The summed E-state index contributed by atoms with van der Waals surface area (Å²) >= 11 is 1.55. The summed E-state index contributed by atoms with van der Waals surface area (Å²) in [6, 6.07) is 11.5. The fourth-order valence-electron chi connectivity index (χ4n) is 2.88. The number of carbonyl (C=O) groups excluding carboxylic acids is 1. The molecule has 3 rings (SSSR count). The third-order valence-electron chi connectivity index (χ3n) is 4.66. The minimum atomic E-state index is -0.0947. The Balaban J connectivity index is 2.06. The van der Waals surface area contributed by atoms with Gasteiger partial charge in [0.15, 0.2) is 5.13 Å². The molecule has 1 heterocycles. The number of anilines is 1. The number of benzene rings is 2. The highest BCUT2D eigenvalue weighted by Crippen LogP contribution is 2.33. The van der Waals surface area contributed by atoms with Gasteiger partial charge in [0.05, 0.1) is 22.9 Å². The molecular weight excluding hydrogens is 358 g/mol. The highest BCUT2D eigenvalue weighted by atomic mass is 32.1. The van der Waals surface area contributed by atoms with Crippen LogP contribution < -0.4 is 9.64 Å². The molecule has 0 aliphatic rings. The number of thiazole rings is 1. The molecule has 0 radical (unpaired) electrons. The lowest BCUT2D eigenvalue weighted by Crippen LogP contribution is -2.36. The molecule has 142 valence electrons. The lowest BCUT2D eigenvalue weighted by Gasteiger charge is -2.22. The SMILES string of the molecule is COc1ccccc1C(=O)N(CCN(C)C)c1nc2c(C)c(C)ccc2s1. The summed E-state index contributed by atoms with van der Waals surface area (Å²) in [4.78, 5) is 22.0. The first kappa shape index (κ1) is 19.3. The second-order valence-corrected chi connectivity index (χ2v) is 7.82. The number of nitrogens with zero attached hydrogens (tertiary/aromatic N) is 3. The predicted octanol–water partition coefficient (Wildman–Crippen LogP) is 4.13. The second kappa shape index (κ2) is 8.06. The van der Waals surface area contributed by atoms with Crippen molar-refractivity contribution < 1.29 is 9.53 Å². The summed E-state index contributed by atoms with van der Waals surface area (Å²) in [6.07, 6.45) is 0. The van der Waals surface area contributed by atoms with E-state index in [4.69, 9.17) is 9.72 Å². The number of methoxy groups -OCH3 is 1. The van der Waals surface area contributed by atoms with Crippen LogP contribution in [0.5, 0.6) is 5.75 Å². The zero-order valence-corrected chi connectivity index (χ0v) is 17.3. The topological polar surface area (TPSA) is 45.7 Å². The van der Waals surface area contributed by atoms with Crippen LogP contribution >= 0.6 is 11.3 Å². The van der Waals surface area contributed by atoms with Crippen molar-refractivity contribution in [2.45, 2.75) is 13.8 Å². The van der Waals surface area contributed by atoms with E-state index in [1.54, 1.807) is 29.4 Å². The molecule has 0 atom stereocenters. The van der Waals surface area contributed by atoms with Crippen molar-refractivity contribution in [2.75, 3.05) is 39.2 Å². The molecule has 0 aliphatic heterocycles. The molecule has 5 nitrogen and oxygen atoms in total. The maximum atomic E-state index is 13.4. The Kier molecular flexibility index (Phi) is 5.77. The Morgan fingerprint density at radius 2 is 1.85 bits per heavy atom. The van der Waals surface area contributed by atoms with Gasteiger partial charge >= 0.3 is 0 Å². The number of hydrogen-bond donors (Lipinski definition) is 0. The van der Waals surface area contributed by atoms with E-state index < -0.39 is 0 Å². The first-order valence-electron chi connectivity index (χ1n) is 8.88. The van der Waals surface area contributed by atoms with E-state index >= 15 is 0 Å². The molecule has 0 saturated carbocycles. The van der Waals surface area contributed by atoms with E-state index in [2.05, 4.69) is 30.9 Å². The molecule has 1 amide bonds. The van der Waals surface area contributed by atoms with Crippen LogP contribution in [0.3, 0.4) is 0 Å². The number of carbonyl (C=O) groups is 1. The van der Waals surface area contributed by atoms with Crippen molar-refractivity contribution in [2.24, 2.45) is 0 Å². The largest absolute Gasteiger partial charge is 0.496 e. The van der Waals surface area contributed by atoms with Gasteiger partial charge in [-0.15, -0.1) is 0 Å². The van der Waals surface area contributed by atoms with Gasteiger partial charge in [-0.05, 0) is 57.3 Å². The van der Waals surface area contributed by atoms with Crippen molar-refractivity contribution >= 4 is 32.6 Å². The highest BCUT2D eigenvalue weighted by molar-refractivity contribution is 7.22. The lowest BCUT2D eigenvalue weighted by molar-refractivity contribution is 0.0982. The second-order valence-electron chi connectivity index (χ2n) is 6.81. The van der Waals surface area contributed by atoms with E-state index in [1.165, 1.54) is 5.56 Å². The molecule has 2 aromatic carbocycles. The van der Waals surface area contributed by atoms with E-state index in [1.807, 2.05) is 32.3 Å². The molecule has 1 aromatic heterocycles. The standard InChI is InChI=1S/C21H25N3O2S/c1-14-10-11-18-19(15(14)2)22-21(27-18)24(13-12-23(3)4)20(25)16-8-6-7-9-17(16)26-5/h6-11H,12-13H2,1-5H3. The lowest BCUT2D eigenvalue weighted by atomic mass is 10.1. The Hall–Kier alpha value is -2.44. The van der Waals surface area contributed by atoms with Gasteiger partial charge in [-0.25, -0.2) is 4.98 Å². The van der Waals surface area contributed by atoms with Crippen molar-refractivity contribution in [1.82, 2.24) is 9.88 Å². The van der Waals surface area contributed by atoms with Gasteiger partial charge in [0.1, 0.15) is 5.75 Å². The van der Waals surface area contributed by atoms with E-state index in [-0.39, 0.29) is 5.91 Å². The Bertz CT molecular complexity index is 965. The van der Waals surface area contributed by atoms with Crippen LogP contribution in [0.2, 0.25) is 0 Å². The number of amides is 1. The molecule has 0 aliphatic carbocycles. The zero-order valence-electron chi connectivity index (χ0n) is 16.4. The monoisotopic (exact) mass is 383 g/mol. The molecule has 0 fully saturated rings. The number of hydrogen-bond acceptors (Lipinski definition) is 5. The van der Waals surface area contributed by atoms with Gasteiger partial charge in [-0.1, -0.05) is 29.5 Å². The van der Waals surface area contributed by atoms with Gasteiger partial charge in [0.2, 0.25) is 0 Å². The predicted molar refractivity (Wildman–Crippen MR) is 112 cm³/mol. The quantitative estimate of drug-likeness (QED) is 0.642. The molecule has 0 unspecified atom stereocenters. The number of fused-ring (bicyclic) bond motifs is 1. The molecule has 3 aromatic rings. The average Bonchev–Trinajstić information content (AvgIpc) is 3.09. The first-order chi connectivity index (χ1) is 12.9. The van der Waals surface area contributed by atoms with E-state index in [9.17, 15) is 4.79 Å². The third-order valence-corrected chi connectivity index (χ3v) is 5.70. The Labute approximate surface area is 164 Å². The third kappa shape index (κ3) is 3.96. The Morgan fingerprint density at radius 3 is 2.56 bits per heavy atom. The fourth-order valence-corrected chi connectivity index (χ4v) is 3.93. The summed E-state index contributed by atoms with van der Waals surface area (Å²) in [5.41, 5.74) is 3.88. The van der Waals surface area contributed by atoms with Crippen molar-refractivity contribution in [3.8, 4) is 5.75 Å². The summed E-state index contributed by atoms with van der Waals surface area (Å²) in [6.45, 7) is 5.46. The average molecular weight is 384 g/mol. The number of rotatable bonds is 6. The van der Waals surface area contributed by atoms with Gasteiger partial charge in [-0.2, -0.15) is 0 Å². The molecule has 0 spiro atoms. The molecule has 0 N–H and O–H groups in total. The highest BCUT2D eigenvalue weighted by Gasteiger charge is 2.24. The minimum absolute atomic E-state index is 0.0947. The summed E-state index contributed by atoms with van der Waals surface area (Å²) in [5.74, 6) is 0.480. The number of para-hydroxylation sites is 1. The van der Waals surface area contributed by atoms with Crippen LogP contribution in [-0.4, -0.2) is 50.1 Å². The summed E-state index contributed by atoms with van der Waals surface area (Å²) < 4.78 is 6.49. The minimum Gasteiger partial charge on any atom is -0.496 e. The molecule has 27 heavy (non-hydrogen) atoms. The maximum Gasteiger partial charge on any atom is 0.263 e. The number of aryl methyl sites for hydroxylation is 2. The van der Waals surface area contributed by atoms with Crippen molar-refractivity contribution in [3.05, 3.63) is 53.1 Å². The zero-order chi connectivity index (χ0) is 19.6. The first-order valence-corrected chi connectivity index (χ1v) is 9.70. The van der Waals surface area contributed by atoms with Crippen LogP contribution in [0.15, 0.2) is 36.4 Å². The summed E-state index contributed by atoms with van der Waals surface area (Å²) in [5, 5.41) is 0.719. The van der Waals surface area contributed by atoms with Crippen LogP contribution in [0.4, 0.5) is 5.13 Å². The smallest absolute Gasteiger partial charge is 0.263 e. The van der Waals surface area contributed by atoms with Crippen LogP contribution in [0.1, 0.15) is 21.5 Å². The Morgan fingerprint density at radius 1 is 1.11 bits per heavy atom. The van der Waals surface area contributed by atoms with Crippen molar-refractivity contribution in [1.29, 1.82) is 0 Å². The maximum absolute atomic E-state index is 13.4. The number of ether oxygens (including phenoxy) is 1. The molecular formula is C21H25N3O2S. The van der Waals surface area contributed by atoms with Gasteiger partial charge < -0.3 is 9.64 Å². The summed E-state index contributed by atoms with van der Waals surface area (Å²) in [7, 11) is 5.58. The number of aromatic nitrogens is 1. The normalized spacial score (nSPS) is 11.2. The fraction of sp³-hybridized carbons (Fsp3) is 0.333. The van der Waals surface area contributed by atoms with Crippen LogP contribution in [0.25, 0.3) is 10.2 Å². The van der Waals surface area contributed by atoms with Gasteiger partial charge in [-0.3, -0.25) is 9.69 Å². The van der Waals surface area contributed by atoms with Crippen LogP contribution in [-0.2, 0) is 0 Å². The van der Waals surface area contributed by atoms with Gasteiger partial charge in [0, 0.05) is 13.1 Å². The van der Waals surface area contributed by atoms with Crippen LogP contribution in [0, 0.1) is 13.8 Å². The molecule has 0 bridgehead atoms. The van der Waals surface area contributed by atoms with E-state index in [0.717, 1.165) is 27.5 Å². The molecule has 6 heteroatoms. The number of likely N-dealkylation sites (N-methyl/N-ethyl adjacent to an activating group) is 1. The molecule has 0 saturated heterocycles. The van der Waals surface area contributed by atoms with Gasteiger partial charge in [0.25, 0.3) is 5.91 Å². The van der Waals surface area contributed by atoms with Crippen molar-refractivity contribution in [3.63, 3.8) is 0 Å². The van der Waals surface area contributed by atoms with E-state index in [0.29, 0.717) is 17.9 Å².